The maximum atomic E-state index is 6.05. The SMILES string of the molecule is COc1ccc(/C(C)=N\Nc2nc(-c3ccccc3)cc(-c3ccc(Cl)cc3)n2)cc1. The first-order valence-electron chi connectivity index (χ1n) is 9.77. The normalized spacial score (nSPS) is 11.3. The predicted molar refractivity (Wildman–Crippen MR) is 127 cm³/mol. The largest absolute Gasteiger partial charge is 0.497 e. The molecule has 154 valence electrons. The van der Waals surface area contributed by atoms with Crippen LogP contribution in [-0.4, -0.2) is 22.8 Å². The number of hydrogen-bond acceptors (Lipinski definition) is 5. The second-order valence-corrected chi connectivity index (χ2v) is 7.31. The van der Waals surface area contributed by atoms with Gasteiger partial charge in [0.15, 0.2) is 0 Å². The minimum atomic E-state index is 0.416. The molecule has 4 rings (SSSR count). The first-order valence-corrected chi connectivity index (χ1v) is 10.2. The molecule has 4 aromatic rings. The summed E-state index contributed by atoms with van der Waals surface area (Å²) in [6.45, 7) is 1.93. The van der Waals surface area contributed by atoms with Crippen LogP contribution in [0.4, 0.5) is 5.95 Å². The fraction of sp³-hybridized carbons (Fsp3) is 0.0800. The van der Waals surface area contributed by atoms with Crippen LogP contribution in [0.25, 0.3) is 22.5 Å². The van der Waals surface area contributed by atoms with E-state index in [0.717, 1.165) is 39.5 Å². The van der Waals surface area contributed by atoms with Crippen molar-refractivity contribution in [2.45, 2.75) is 6.92 Å². The van der Waals surface area contributed by atoms with Gasteiger partial charge in [-0.1, -0.05) is 54.1 Å². The molecule has 0 aliphatic carbocycles. The number of aromatic nitrogens is 2. The molecule has 6 heteroatoms. The molecule has 0 saturated carbocycles. The Morgan fingerprint density at radius 3 is 2.06 bits per heavy atom. The lowest BCUT2D eigenvalue weighted by Crippen LogP contribution is -2.04. The van der Waals surface area contributed by atoms with Crippen molar-refractivity contribution in [1.82, 2.24) is 9.97 Å². The molecule has 31 heavy (non-hydrogen) atoms. The van der Waals surface area contributed by atoms with E-state index in [2.05, 4.69) is 20.5 Å². The van der Waals surface area contributed by atoms with Crippen LogP contribution < -0.4 is 10.2 Å². The van der Waals surface area contributed by atoms with E-state index in [1.165, 1.54) is 0 Å². The molecule has 0 atom stereocenters. The highest BCUT2D eigenvalue weighted by atomic mass is 35.5. The first kappa shape index (κ1) is 20.6. The summed E-state index contributed by atoms with van der Waals surface area (Å²) in [5, 5.41) is 5.16. The predicted octanol–water partition coefficient (Wildman–Crippen LogP) is 6.31. The van der Waals surface area contributed by atoms with Crippen LogP contribution in [0.5, 0.6) is 5.75 Å². The van der Waals surface area contributed by atoms with Gasteiger partial charge in [0.25, 0.3) is 0 Å². The van der Waals surface area contributed by atoms with Crippen LogP contribution in [-0.2, 0) is 0 Å². The van der Waals surface area contributed by atoms with Crippen LogP contribution in [0.2, 0.25) is 5.02 Å². The minimum Gasteiger partial charge on any atom is -0.497 e. The average molecular weight is 429 g/mol. The van der Waals surface area contributed by atoms with E-state index in [4.69, 9.17) is 16.3 Å². The molecule has 0 aliphatic rings. The zero-order valence-corrected chi connectivity index (χ0v) is 18.0. The van der Waals surface area contributed by atoms with E-state index >= 15 is 0 Å². The first-order chi connectivity index (χ1) is 15.1. The topological polar surface area (TPSA) is 59.4 Å². The van der Waals surface area contributed by atoms with Crippen molar-refractivity contribution in [3.05, 3.63) is 95.5 Å². The van der Waals surface area contributed by atoms with Crippen molar-refractivity contribution < 1.29 is 4.74 Å². The van der Waals surface area contributed by atoms with Gasteiger partial charge >= 0.3 is 0 Å². The van der Waals surface area contributed by atoms with Crippen LogP contribution >= 0.6 is 11.6 Å². The fourth-order valence-electron chi connectivity index (χ4n) is 3.05. The van der Waals surface area contributed by atoms with Gasteiger partial charge in [0, 0.05) is 16.1 Å². The number of hydrazone groups is 1. The Hall–Kier alpha value is -3.70. The Bertz CT molecular complexity index is 1190. The maximum Gasteiger partial charge on any atom is 0.244 e. The smallest absolute Gasteiger partial charge is 0.244 e. The third-order valence-electron chi connectivity index (χ3n) is 4.77. The third-order valence-corrected chi connectivity index (χ3v) is 5.02. The monoisotopic (exact) mass is 428 g/mol. The van der Waals surface area contributed by atoms with Crippen molar-refractivity contribution in [1.29, 1.82) is 0 Å². The van der Waals surface area contributed by atoms with Gasteiger partial charge in [0.1, 0.15) is 5.75 Å². The summed E-state index contributed by atoms with van der Waals surface area (Å²) in [4.78, 5) is 9.32. The van der Waals surface area contributed by atoms with Crippen molar-refractivity contribution in [2.24, 2.45) is 5.10 Å². The number of ether oxygens (including phenoxy) is 1. The Kier molecular flexibility index (Phi) is 6.24. The molecule has 1 N–H and O–H groups in total. The van der Waals surface area contributed by atoms with Crippen LogP contribution in [0, 0.1) is 0 Å². The van der Waals surface area contributed by atoms with E-state index in [-0.39, 0.29) is 0 Å². The molecular formula is C25H21ClN4O. The minimum absolute atomic E-state index is 0.416. The Morgan fingerprint density at radius 2 is 1.45 bits per heavy atom. The molecule has 0 spiro atoms. The van der Waals surface area contributed by atoms with Gasteiger partial charge in [-0.3, -0.25) is 0 Å². The molecule has 0 saturated heterocycles. The lowest BCUT2D eigenvalue weighted by Gasteiger charge is -2.09. The number of methoxy groups -OCH3 is 1. The zero-order valence-electron chi connectivity index (χ0n) is 17.2. The van der Waals surface area contributed by atoms with Gasteiger partial charge < -0.3 is 4.74 Å². The Labute approximate surface area is 186 Å². The average Bonchev–Trinajstić information content (AvgIpc) is 2.83. The summed E-state index contributed by atoms with van der Waals surface area (Å²) < 4.78 is 5.21. The molecule has 1 heterocycles. The molecular weight excluding hydrogens is 408 g/mol. The van der Waals surface area contributed by atoms with E-state index in [0.29, 0.717) is 11.0 Å². The molecule has 0 aliphatic heterocycles. The van der Waals surface area contributed by atoms with E-state index in [1.54, 1.807) is 7.11 Å². The highest BCUT2D eigenvalue weighted by molar-refractivity contribution is 6.30. The molecule has 0 bridgehead atoms. The lowest BCUT2D eigenvalue weighted by atomic mass is 10.1. The number of benzene rings is 3. The summed E-state index contributed by atoms with van der Waals surface area (Å²) in [6.07, 6.45) is 0. The lowest BCUT2D eigenvalue weighted by molar-refractivity contribution is 0.415. The van der Waals surface area contributed by atoms with Crippen LogP contribution in [0.15, 0.2) is 90.0 Å². The summed E-state index contributed by atoms with van der Waals surface area (Å²) >= 11 is 6.05. The standard InChI is InChI=1S/C25H21ClN4O/c1-17(18-10-14-22(31-2)15-11-18)29-30-25-27-23(19-6-4-3-5-7-19)16-24(28-25)20-8-12-21(26)13-9-20/h3-16H,1-2H3,(H,27,28,30)/b29-17-. The third kappa shape index (κ3) is 5.08. The van der Waals surface area contributed by atoms with Gasteiger partial charge in [-0.25, -0.2) is 15.4 Å². The van der Waals surface area contributed by atoms with Gasteiger partial charge in [-0.2, -0.15) is 5.10 Å². The molecule has 5 nitrogen and oxygen atoms in total. The van der Waals surface area contributed by atoms with Crippen molar-refractivity contribution in [3.63, 3.8) is 0 Å². The fourth-order valence-corrected chi connectivity index (χ4v) is 3.18. The van der Waals surface area contributed by atoms with Crippen LogP contribution in [0.3, 0.4) is 0 Å². The molecule has 0 radical (unpaired) electrons. The van der Waals surface area contributed by atoms with Gasteiger partial charge in [-0.05, 0) is 55.0 Å². The number of hydrogen-bond donors (Lipinski definition) is 1. The number of halogens is 1. The summed E-state index contributed by atoms with van der Waals surface area (Å²) in [6, 6.07) is 27.2. The summed E-state index contributed by atoms with van der Waals surface area (Å²) in [5.41, 5.74) is 8.33. The zero-order chi connectivity index (χ0) is 21.6. The van der Waals surface area contributed by atoms with E-state index < -0.39 is 0 Å². The molecule has 0 amide bonds. The number of anilines is 1. The summed E-state index contributed by atoms with van der Waals surface area (Å²) in [5.74, 6) is 1.22. The number of nitrogens with one attached hydrogen (secondary N) is 1. The molecule has 0 unspecified atom stereocenters. The molecule has 1 aromatic heterocycles. The van der Waals surface area contributed by atoms with Gasteiger partial charge in [0.05, 0.1) is 24.2 Å². The Balaban J connectivity index is 1.68. The second kappa shape index (κ2) is 9.41. The number of nitrogens with zero attached hydrogens (tertiary/aromatic N) is 3. The van der Waals surface area contributed by atoms with Crippen molar-refractivity contribution in [2.75, 3.05) is 12.5 Å². The van der Waals surface area contributed by atoms with Crippen molar-refractivity contribution in [3.8, 4) is 28.3 Å². The van der Waals surface area contributed by atoms with Gasteiger partial charge in [-0.15, -0.1) is 0 Å². The van der Waals surface area contributed by atoms with Crippen LogP contribution in [0.1, 0.15) is 12.5 Å². The molecule has 0 fully saturated rings. The maximum absolute atomic E-state index is 6.05. The van der Waals surface area contributed by atoms with E-state index in [1.807, 2.05) is 91.9 Å². The number of rotatable bonds is 6. The quantitative estimate of drug-likeness (QED) is 0.289. The second-order valence-electron chi connectivity index (χ2n) is 6.87. The highest BCUT2D eigenvalue weighted by Gasteiger charge is 2.09. The Morgan fingerprint density at radius 1 is 0.839 bits per heavy atom. The van der Waals surface area contributed by atoms with Crippen molar-refractivity contribution >= 4 is 23.3 Å². The van der Waals surface area contributed by atoms with E-state index in [9.17, 15) is 0 Å². The highest BCUT2D eigenvalue weighted by Crippen LogP contribution is 2.26. The molecule has 3 aromatic carbocycles. The summed E-state index contributed by atoms with van der Waals surface area (Å²) in [7, 11) is 1.65. The van der Waals surface area contributed by atoms with Gasteiger partial charge in [0.2, 0.25) is 5.95 Å².